The lowest BCUT2D eigenvalue weighted by atomic mass is 9.93. The molecule has 0 atom stereocenters. The van der Waals surface area contributed by atoms with Gasteiger partial charge in [-0.1, -0.05) is 26.0 Å². The van der Waals surface area contributed by atoms with Crippen molar-refractivity contribution < 1.29 is 9.59 Å². The van der Waals surface area contributed by atoms with E-state index in [-0.39, 0.29) is 17.2 Å². The summed E-state index contributed by atoms with van der Waals surface area (Å²) in [6.45, 7) is 5.14. The number of carbonyl (C=O) groups excluding carboxylic acids is 2. The first kappa shape index (κ1) is 21.1. The van der Waals surface area contributed by atoms with E-state index in [1.54, 1.807) is 47.5 Å². The van der Waals surface area contributed by atoms with Crippen LogP contribution in [0.15, 0.2) is 41.8 Å². The van der Waals surface area contributed by atoms with E-state index in [1.165, 1.54) is 4.88 Å². The Balaban J connectivity index is 1.90. The number of hydrogen-bond acceptors (Lipinski definition) is 4. The number of anilines is 1. The molecule has 0 aliphatic rings. The maximum Gasteiger partial charge on any atom is 0.253 e. The lowest BCUT2D eigenvalue weighted by Gasteiger charge is -2.29. The number of hydrogen-bond donors (Lipinski definition) is 2. The smallest absolute Gasteiger partial charge is 0.253 e. The molecule has 0 bridgehead atoms. The molecule has 1 aromatic heterocycles. The zero-order valence-corrected chi connectivity index (χ0v) is 17.1. The van der Waals surface area contributed by atoms with Gasteiger partial charge >= 0.3 is 0 Å². The second-order valence-corrected chi connectivity index (χ2v) is 8.62. The van der Waals surface area contributed by atoms with Crippen molar-refractivity contribution in [3.8, 4) is 0 Å². The fourth-order valence-corrected chi connectivity index (χ4v) is 3.58. The Bertz CT molecular complexity index is 757. The van der Waals surface area contributed by atoms with Gasteiger partial charge in [0.05, 0.1) is 0 Å². The SMILES string of the molecule is CN(CC(C)(C)CN)C(=O)c1cccc(NC(=O)CCCc2cccs2)c1. The first-order valence-electron chi connectivity index (χ1n) is 9.18. The lowest BCUT2D eigenvalue weighted by Crippen LogP contribution is -2.39. The predicted molar refractivity (Wildman–Crippen MR) is 112 cm³/mol. The number of amides is 2. The van der Waals surface area contributed by atoms with Crippen LogP contribution in [0.5, 0.6) is 0 Å². The Hall–Kier alpha value is -2.18. The molecule has 3 N–H and O–H groups in total. The quantitative estimate of drug-likeness (QED) is 0.688. The van der Waals surface area contributed by atoms with Crippen LogP contribution in [-0.4, -0.2) is 36.9 Å². The van der Waals surface area contributed by atoms with E-state index in [2.05, 4.69) is 11.4 Å². The van der Waals surface area contributed by atoms with Crippen molar-refractivity contribution in [3.63, 3.8) is 0 Å². The van der Waals surface area contributed by atoms with Crippen LogP contribution in [0.2, 0.25) is 0 Å². The van der Waals surface area contributed by atoms with Crippen molar-refractivity contribution in [2.24, 2.45) is 11.1 Å². The van der Waals surface area contributed by atoms with Crippen LogP contribution in [0, 0.1) is 5.41 Å². The van der Waals surface area contributed by atoms with Gasteiger partial charge in [0, 0.05) is 36.1 Å². The molecule has 1 aromatic carbocycles. The van der Waals surface area contributed by atoms with Crippen molar-refractivity contribution >= 4 is 28.8 Å². The monoisotopic (exact) mass is 387 g/mol. The van der Waals surface area contributed by atoms with Gasteiger partial charge in [-0.05, 0) is 54.4 Å². The minimum Gasteiger partial charge on any atom is -0.341 e. The Kier molecular flexibility index (Phi) is 7.56. The summed E-state index contributed by atoms with van der Waals surface area (Å²) in [4.78, 5) is 27.8. The molecule has 2 rings (SSSR count). The number of nitrogens with one attached hydrogen (secondary N) is 1. The zero-order chi connectivity index (χ0) is 19.9. The number of nitrogens with zero attached hydrogens (tertiary/aromatic N) is 1. The van der Waals surface area contributed by atoms with E-state index in [4.69, 9.17) is 5.73 Å². The van der Waals surface area contributed by atoms with E-state index in [0.29, 0.717) is 30.8 Å². The number of carbonyl (C=O) groups is 2. The molecule has 0 saturated carbocycles. The highest BCUT2D eigenvalue weighted by Crippen LogP contribution is 2.18. The third-order valence-corrected chi connectivity index (χ3v) is 5.30. The highest BCUT2D eigenvalue weighted by Gasteiger charge is 2.22. The van der Waals surface area contributed by atoms with Gasteiger partial charge in [0.1, 0.15) is 0 Å². The Morgan fingerprint density at radius 1 is 1.22 bits per heavy atom. The van der Waals surface area contributed by atoms with Crippen LogP contribution < -0.4 is 11.1 Å². The molecule has 0 aliphatic carbocycles. The number of nitrogens with two attached hydrogens (primary N) is 1. The minimum atomic E-state index is -0.140. The topological polar surface area (TPSA) is 75.4 Å². The molecule has 5 nitrogen and oxygen atoms in total. The fraction of sp³-hybridized carbons (Fsp3) is 0.429. The van der Waals surface area contributed by atoms with Gasteiger partial charge in [0.25, 0.3) is 5.91 Å². The van der Waals surface area contributed by atoms with Gasteiger partial charge < -0.3 is 16.0 Å². The van der Waals surface area contributed by atoms with E-state index in [9.17, 15) is 9.59 Å². The molecule has 2 aromatic rings. The van der Waals surface area contributed by atoms with Crippen molar-refractivity contribution in [1.82, 2.24) is 4.90 Å². The summed E-state index contributed by atoms with van der Waals surface area (Å²) in [6, 6.07) is 11.2. The van der Waals surface area contributed by atoms with E-state index >= 15 is 0 Å². The Morgan fingerprint density at radius 3 is 2.67 bits per heavy atom. The van der Waals surface area contributed by atoms with Crippen LogP contribution in [0.3, 0.4) is 0 Å². The summed E-state index contributed by atoms with van der Waals surface area (Å²) in [7, 11) is 1.77. The van der Waals surface area contributed by atoms with Crippen molar-refractivity contribution in [2.45, 2.75) is 33.1 Å². The zero-order valence-electron chi connectivity index (χ0n) is 16.3. The number of thiophene rings is 1. The predicted octanol–water partition coefficient (Wildman–Crippen LogP) is 3.77. The van der Waals surface area contributed by atoms with Crippen LogP contribution in [-0.2, 0) is 11.2 Å². The maximum absolute atomic E-state index is 12.7. The standard InChI is InChI=1S/C21H29N3O2S/c1-21(2,14-22)15-24(3)20(26)16-7-4-8-17(13-16)23-19(25)11-5-9-18-10-6-12-27-18/h4,6-8,10,12-13H,5,9,11,14-15,22H2,1-3H3,(H,23,25). The second kappa shape index (κ2) is 9.67. The summed E-state index contributed by atoms with van der Waals surface area (Å²) < 4.78 is 0. The first-order valence-corrected chi connectivity index (χ1v) is 10.1. The molecule has 0 fully saturated rings. The van der Waals surface area contributed by atoms with Gasteiger partial charge in [0.2, 0.25) is 5.91 Å². The number of rotatable bonds is 9. The Labute approximate surface area is 165 Å². The number of aryl methyl sites for hydroxylation is 1. The van der Waals surface area contributed by atoms with Gasteiger partial charge in [-0.3, -0.25) is 9.59 Å². The summed E-state index contributed by atoms with van der Waals surface area (Å²) in [5, 5.41) is 4.93. The molecule has 0 spiro atoms. The molecular formula is C21H29N3O2S. The van der Waals surface area contributed by atoms with E-state index in [1.807, 2.05) is 25.3 Å². The molecule has 0 aliphatic heterocycles. The van der Waals surface area contributed by atoms with Gasteiger partial charge in [-0.15, -0.1) is 11.3 Å². The van der Waals surface area contributed by atoms with Crippen molar-refractivity contribution in [1.29, 1.82) is 0 Å². The molecule has 146 valence electrons. The Morgan fingerprint density at radius 2 is 2.00 bits per heavy atom. The fourth-order valence-electron chi connectivity index (χ4n) is 2.83. The molecular weight excluding hydrogens is 358 g/mol. The van der Waals surface area contributed by atoms with E-state index in [0.717, 1.165) is 12.8 Å². The largest absolute Gasteiger partial charge is 0.341 e. The van der Waals surface area contributed by atoms with Crippen LogP contribution in [0.4, 0.5) is 5.69 Å². The van der Waals surface area contributed by atoms with Crippen molar-refractivity contribution in [3.05, 3.63) is 52.2 Å². The van der Waals surface area contributed by atoms with Crippen LogP contribution >= 0.6 is 11.3 Å². The molecule has 6 heteroatoms. The molecule has 0 saturated heterocycles. The van der Waals surface area contributed by atoms with Crippen molar-refractivity contribution in [2.75, 3.05) is 25.5 Å². The van der Waals surface area contributed by atoms with Gasteiger partial charge in [0.15, 0.2) is 0 Å². The first-order chi connectivity index (χ1) is 12.8. The lowest BCUT2D eigenvalue weighted by molar-refractivity contribution is -0.116. The third kappa shape index (κ3) is 6.81. The summed E-state index contributed by atoms with van der Waals surface area (Å²) in [5.41, 5.74) is 6.82. The number of benzene rings is 1. The minimum absolute atomic E-state index is 0.0335. The van der Waals surface area contributed by atoms with Gasteiger partial charge in [-0.2, -0.15) is 0 Å². The van der Waals surface area contributed by atoms with Crippen LogP contribution in [0.1, 0.15) is 41.9 Å². The highest BCUT2D eigenvalue weighted by atomic mass is 32.1. The highest BCUT2D eigenvalue weighted by molar-refractivity contribution is 7.09. The average Bonchev–Trinajstić information content (AvgIpc) is 3.14. The normalized spacial score (nSPS) is 11.3. The molecule has 1 heterocycles. The summed E-state index contributed by atoms with van der Waals surface area (Å²) >= 11 is 1.71. The van der Waals surface area contributed by atoms with Crippen LogP contribution in [0.25, 0.3) is 0 Å². The van der Waals surface area contributed by atoms with Gasteiger partial charge in [-0.25, -0.2) is 0 Å². The van der Waals surface area contributed by atoms with E-state index < -0.39 is 0 Å². The third-order valence-electron chi connectivity index (χ3n) is 4.36. The second-order valence-electron chi connectivity index (χ2n) is 7.59. The average molecular weight is 388 g/mol. The molecule has 2 amide bonds. The molecule has 0 unspecified atom stereocenters. The molecule has 0 radical (unpaired) electrons. The summed E-state index contributed by atoms with van der Waals surface area (Å²) in [6.07, 6.45) is 2.17. The summed E-state index contributed by atoms with van der Waals surface area (Å²) in [5.74, 6) is -0.112. The molecule has 27 heavy (non-hydrogen) atoms. The maximum atomic E-state index is 12.7.